The highest BCUT2D eigenvalue weighted by atomic mass is 16.1. The number of nitrogen functional groups attached to an aromatic ring is 1. The van der Waals surface area contributed by atoms with E-state index in [1.807, 2.05) is 18.2 Å². The Morgan fingerprint density at radius 3 is 2.63 bits per heavy atom. The number of aromatic nitrogens is 1. The fourth-order valence-electron chi connectivity index (χ4n) is 2.32. The van der Waals surface area contributed by atoms with Gasteiger partial charge in [-0.15, -0.1) is 0 Å². The molecule has 1 fully saturated rings. The summed E-state index contributed by atoms with van der Waals surface area (Å²) in [5, 5.41) is 3.10. The van der Waals surface area contributed by atoms with Gasteiger partial charge in [-0.05, 0) is 30.4 Å². The molecule has 1 unspecified atom stereocenters. The van der Waals surface area contributed by atoms with E-state index in [1.54, 1.807) is 12.3 Å². The molecule has 1 aromatic heterocycles. The van der Waals surface area contributed by atoms with Gasteiger partial charge in [0.15, 0.2) is 0 Å². The van der Waals surface area contributed by atoms with E-state index in [1.165, 1.54) is 12.8 Å². The molecule has 0 spiro atoms. The van der Waals surface area contributed by atoms with E-state index in [2.05, 4.69) is 22.4 Å². The van der Waals surface area contributed by atoms with Crippen LogP contribution in [0.3, 0.4) is 0 Å². The number of amides is 1. The van der Waals surface area contributed by atoms with Gasteiger partial charge in [0.1, 0.15) is 5.69 Å². The average Bonchev–Trinajstić information content (AvgIpc) is 3.18. The second-order valence-electron chi connectivity index (χ2n) is 5.05. The lowest BCUT2D eigenvalue weighted by molar-refractivity contribution is 0.0927. The van der Waals surface area contributed by atoms with Crippen molar-refractivity contribution in [2.24, 2.45) is 5.92 Å². The maximum Gasteiger partial charge on any atom is 0.268 e. The molecule has 4 N–H and O–H groups in total. The normalized spacial score (nSPS) is 16.0. The van der Waals surface area contributed by atoms with Gasteiger partial charge in [-0.3, -0.25) is 4.79 Å². The number of hydrogen-bond acceptors (Lipinski definition) is 2. The molecular weight excluding hydrogens is 238 g/mol. The van der Waals surface area contributed by atoms with Crippen LogP contribution in [0.5, 0.6) is 0 Å². The number of anilines is 1. The van der Waals surface area contributed by atoms with Gasteiger partial charge in [0.2, 0.25) is 0 Å². The van der Waals surface area contributed by atoms with E-state index in [4.69, 9.17) is 5.73 Å². The van der Waals surface area contributed by atoms with Crippen LogP contribution in [0.4, 0.5) is 5.69 Å². The monoisotopic (exact) mass is 255 g/mol. The van der Waals surface area contributed by atoms with E-state index >= 15 is 0 Å². The lowest BCUT2D eigenvalue weighted by Crippen LogP contribution is -2.30. The third kappa shape index (κ3) is 2.62. The zero-order chi connectivity index (χ0) is 13.2. The van der Waals surface area contributed by atoms with Crippen LogP contribution in [0.2, 0.25) is 0 Å². The van der Waals surface area contributed by atoms with Gasteiger partial charge < -0.3 is 16.0 Å². The summed E-state index contributed by atoms with van der Waals surface area (Å²) in [6, 6.07) is 11.9. The van der Waals surface area contributed by atoms with Gasteiger partial charge in [0.25, 0.3) is 5.91 Å². The van der Waals surface area contributed by atoms with Gasteiger partial charge >= 0.3 is 0 Å². The first-order valence-corrected chi connectivity index (χ1v) is 6.54. The van der Waals surface area contributed by atoms with Crippen LogP contribution in [0.25, 0.3) is 0 Å². The topological polar surface area (TPSA) is 70.9 Å². The summed E-state index contributed by atoms with van der Waals surface area (Å²) in [6.45, 7) is 0. The van der Waals surface area contributed by atoms with Crippen LogP contribution in [-0.4, -0.2) is 10.9 Å². The number of rotatable bonds is 4. The van der Waals surface area contributed by atoms with E-state index in [9.17, 15) is 4.79 Å². The van der Waals surface area contributed by atoms with Crippen molar-refractivity contribution in [3.63, 3.8) is 0 Å². The molecule has 1 saturated carbocycles. The minimum atomic E-state index is -0.0996. The summed E-state index contributed by atoms with van der Waals surface area (Å²) in [5.41, 5.74) is 7.87. The molecule has 98 valence electrons. The van der Waals surface area contributed by atoms with Crippen LogP contribution in [0, 0.1) is 5.92 Å². The summed E-state index contributed by atoms with van der Waals surface area (Å²) in [4.78, 5) is 15.1. The first-order valence-electron chi connectivity index (χ1n) is 6.54. The van der Waals surface area contributed by atoms with Gasteiger partial charge in [0, 0.05) is 11.9 Å². The second-order valence-corrected chi connectivity index (χ2v) is 5.05. The number of H-pyrrole nitrogens is 1. The van der Waals surface area contributed by atoms with Gasteiger partial charge in [0.05, 0.1) is 6.04 Å². The predicted octanol–water partition coefficient (Wildman–Crippen LogP) is 2.48. The standard InChI is InChI=1S/C15H17N3O/c16-12-8-13(17-9-12)15(19)18-14(11-6-7-11)10-4-2-1-3-5-10/h1-5,8-9,11,14,17H,6-7,16H2,(H,18,19). The third-order valence-electron chi connectivity index (χ3n) is 3.49. The quantitative estimate of drug-likeness (QED) is 0.785. The lowest BCUT2D eigenvalue weighted by Gasteiger charge is -2.18. The van der Waals surface area contributed by atoms with E-state index < -0.39 is 0 Å². The van der Waals surface area contributed by atoms with Crippen molar-refractivity contribution in [3.8, 4) is 0 Å². The molecule has 0 bridgehead atoms. The summed E-state index contributed by atoms with van der Waals surface area (Å²) in [5.74, 6) is 0.455. The SMILES string of the molecule is Nc1c[nH]c(C(=O)NC(c2ccccc2)C2CC2)c1. The molecule has 4 nitrogen and oxygen atoms in total. The molecule has 1 atom stereocenters. The highest BCUT2D eigenvalue weighted by Gasteiger charge is 2.33. The molecule has 1 aliphatic rings. The van der Waals surface area contributed by atoms with Crippen LogP contribution in [0.1, 0.15) is 34.9 Å². The number of carbonyl (C=O) groups is 1. The van der Waals surface area contributed by atoms with E-state index in [0.717, 1.165) is 5.56 Å². The zero-order valence-corrected chi connectivity index (χ0v) is 10.6. The van der Waals surface area contributed by atoms with Crippen molar-refractivity contribution >= 4 is 11.6 Å². The summed E-state index contributed by atoms with van der Waals surface area (Å²) in [7, 11) is 0. The molecular formula is C15H17N3O. The second kappa shape index (κ2) is 4.80. The molecule has 3 rings (SSSR count). The zero-order valence-electron chi connectivity index (χ0n) is 10.6. The fourth-order valence-corrected chi connectivity index (χ4v) is 2.32. The largest absolute Gasteiger partial charge is 0.397 e. The number of hydrogen-bond donors (Lipinski definition) is 3. The van der Waals surface area contributed by atoms with Crippen molar-refractivity contribution in [2.45, 2.75) is 18.9 Å². The minimum absolute atomic E-state index is 0.0956. The Morgan fingerprint density at radius 2 is 2.05 bits per heavy atom. The summed E-state index contributed by atoms with van der Waals surface area (Å²) >= 11 is 0. The van der Waals surface area contributed by atoms with Crippen molar-refractivity contribution in [1.29, 1.82) is 0 Å². The molecule has 1 heterocycles. The molecule has 4 heteroatoms. The summed E-state index contributed by atoms with van der Waals surface area (Å²) in [6.07, 6.45) is 3.98. The van der Waals surface area contributed by atoms with Crippen LogP contribution in [0.15, 0.2) is 42.6 Å². The molecule has 1 aromatic carbocycles. The number of aromatic amines is 1. The smallest absolute Gasteiger partial charge is 0.268 e. The Kier molecular flexibility index (Phi) is 2.99. The Labute approximate surface area is 112 Å². The third-order valence-corrected chi connectivity index (χ3v) is 3.49. The summed E-state index contributed by atoms with van der Waals surface area (Å²) < 4.78 is 0. The number of nitrogens with two attached hydrogens (primary N) is 1. The van der Waals surface area contributed by atoms with E-state index in [0.29, 0.717) is 17.3 Å². The fraction of sp³-hybridized carbons (Fsp3) is 0.267. The van der Waals surface area contributed by atoms with Gasteiger partial charge in [-0.2, -0.15) is 0 Å². The van der Waals surface area contributed by atoms with Crippen molar-refractivity contribution in [3.05, 3.63) is 53.9 Å². The maximum atomic E-state index is 12.2. The first-order chi connectivity index (χ1) is 9.24. The first kappa shape index (κ1) is 11.8. The van der Waals surface area contributed by atoms with Gasteiger partial charge in [-0.25, -0.2) is 0 Å². The van der Waals surface area contributed by atoms with Crippen LogP contribution < -0.4 is 11.1 Å². The molecule has 2 aromatic rings. The van der Waals surface area contributed by atoms with Gasteiger partial charge in [-0.1, -0.05) is 30.3 Å². The number of benzene rings is 1. The minimum Gasteiger partial charge on any atom is -0.397 e. The molecule has 0 saturated heterocycles. The van der Waals surface area contributed by atoms with Crippen LogP contribution in [-0.2, 0) is 0 Å². The highest BCUT2D eigenvalue weighted by Crippen LogP contribution is 2.41. The Bertz CT molecular complexity index is 572. The van der Waals surface area contributed by atoms with E-state index in [-0.39, 0.29) is 11.9 Å². The molecule has 19 heavy (non-hydrogen) atoms. The predicted molar refractivity (Wildman–Crippen MR) is 74.6 cm³/mol. The molecule has 0 radical (unpaired) electrons. The number of nitrogens with one attached hydrogen (secondary N) is 2. The molecule has 1 amide bonds. The Morgan fingerprint density at radius 1 is 1.32 bits per heavy atom. The van der Waals surface area contributed by atoms with Crippen molar-refractivity contribution in [1.82, 2.24) is 10.3 Å². The van der Waals surface area contributed by atoms with Crippen molar-refractivity contribution < 1.29 is 4.79 Å². The Hall–Kier alpha value is -2.23. The average molecular weight is 255 g/mol. The Balaban J connectivity index is 1.77. The number of carbonyl (C=O) groups excluding carboxylic acids is 1. The van der Waals surface area contributed by atoms with Crippen LogP contribution >= 0.6 is 0 Å². The highest BCUT2D eigenvalue weighted by molar-refractivity contribution is 5.93. The maximum absolute atomic E-state index is 12.2. The van der Waals surface area contributed by atoms with Crippen molar-refractivity contribution in [2.75, 3.05) is 5.73 Å². The molecule has 1 aliphatic carbocycles. The molecule has 0 aliphatic heterocycles. The lowest BCUT2D eigenvalue weighted by atomic mass is 10.0.